The van der Waals surface area contributed by atoms with E-state index in [1.165, 1.54) is 10.9 Å². The van der Waals surface area contributed by atoms with Crippen molar-refractivity contribution < 1.29 is 20.1 Å². The van der Waals surface area contributed by atoms with Crippen molar-refractivity contribution in [1.29, 1.82) is 0 Å². The number of aromatic nitrogens is 5. The molecule has 0 amide bonds. The van der Waals surface area contributed by atoms with Gasteiger partial charge in [0.1, 0.15) is 0 Å². The van der Waals surface area contributed by atoms with Crippen LogP contribution in [0.3, 0.4) is 0 Å². The van der Waals surface area contributed by atoms with E-state index in [2.05, 4.69) is 19.9 Å². The molecule has 142 valence electrons. The molecule has 3 aromatic rings. The number of imidazole rings is 1. The molecule has 1 fully saturated rings. The molecule has 0 spiro atoms. The van der Waals surface area contributed by atoms with Crippen LogP contribution in [0.2, 0.25) is 0 Å². The second-order valence-corrected chi connectivity index (χ2v) is 8.07. The summed E-state index contributed by atoms with van der Waals surface area (Å²) in [6, 6.07) is 5.74. The Morgan fingerprint density at radius 1 is 1.19 bits per heavy atom. The molecule has 4 atom stereocenters. The van der Waals surface area contributed by atoms with Gasteiger partial charge in [0.25, 0.3) is 0 Å². The van der Waals surface area contributed by atoms with Gasteiger partial charge in [0.2, 0.25) is 0 Å². The summed E-state index contributed by atoms with van der Waals surface area (Å²) < 4.78 is 7.80. The monoisotopic (exact) mass is 438 g/mol. The fourth-order valence-corrected chi connectivity index (χ4v) is 4.81. The number of aliphatic hydroxyl groups excluding tert-OH is 3. The standard InChI is InChI=1S/C16H18N6O4Se/c17-16-20-13-10(14(21-16)27-6-8-3-1-2-4-18-8)19-7-22(13)15-12(25)11(24)9(5-23)26-15/h1-4,7,9,11-12,15,23-25H,5-6H2,(H2,17,20,21)/t9-,11-,12-,15-/m1/s1. The van der Waals surface area contributed by atoms with Crippen molar-refractivity contribution in [3.63, 3.8) is 0 Å². The van der Waals surface area contributed by atoms with Crippen LogP contribution in [0.4, 0.5) is 5.95 Å². The van der Waals surface area contributed by atoms with E-state index in [9.17, 15) is 15.3 Å². The minimum atomic E-state index is -1.22. The van der Waals surface area contributed by atoms with Gasteiger partial charge in [-0.15, -0.1) is 0 Å². The zero-order chi connectivity index (χ0) is 19.0. The number of hydrogen-bond donors (Lipinski definition) is 4. The summed E-state index contributed by atoms with van der Waals surface area (Å²) in [5.41, 5.74) is 7.80. The predicted octanol–water partition coefficient (Wildman–Crippen LogP) is -2.06. The Morgan fingerprint density at radius 3 is 2.74 bits per heavy atom. The van der Waals surface area contributed by atoms with Crippen molar-refractivity contribution in [1.82, 2.24) is 24.5 Å². The van der Waals surface area contributed by atoms with Gasteiger partial charge in [0, 0.05) is 0 Å². The van der Waals surface area contributed by atoms with Crippen LogP contribution in [0.25, 0.3) is 11.2 Å². The van der Waals surface area contributed by atoms with Crippen LogP contribution in [-0.2, 0) is 10.1 Å². The number of rotatable bonds is 5. The van der Waals surface area contributed by atoms with Gasteiger partial charge in [-0.25, -0.2) is 0 Å². The van der Waals surface area contributed by atoms with Crippen LogP contribution in [0.5, 0.6) is 0 Å². The number of nitrogens with zero attached hydrogens (tertiary/aromatic N) is 5. The third kappa shape index (κ3) is 3.41. The molecule has 3 aromatic heterocycles. The summed E-state index contributed by atoms with van der Waals surface area (Å²) in [4.78, 5) is 17.2. The Kier molecular flexibility index (Phi) is 5.04. The van der Waals surface area contributed by atoms with Crippen molar-refractivity contribution >= 4 is 36.7 Å². The molecule has 27 heavy (non-hydrogen) atoms. The third-order valence-corrected chi connectivity index (χ3v) is 6.38. The molecular formula is C16H18N6O4Se. The van der Waals surface area contributed by atoms with Crippen LogP contribution in [0, 0.1) is 0 Å². The van der Waals surface area contributed by atoms with Gasteiger partial charge < -0.3 is 0 Å². The van der Waals surface area contributed by atoms with Crippen molar-refractivity contribution in [2.24, 2.45) is 0 Å². The molecule has 0 bridgehead atoms. The molecule has 0 radical (unpaired) electrons. The van der Waals surface area contributed by atoms with Crippen LogP contribution in [0.1, 0.15) is 11.9 Å². The number of aliphatic hydroxyl groups is 3. The Morgan fingerprint density at radius 2 is 2.04 bits per heavy atom. The molecule has 4 rings (SSSR count). The normalized spacial score (nSPS) is 25.3. The molecule has 1 saturated heterocycles. The molecule has 0 aromatic carbocycles. The first-order valence-corrected chi connectivity index (χ1v) is 10.3. The fourth-order valence-electron chi connectivity index (χ4n) is 2.93. The molecule has 0 saturated carbocycles. The maximum absolute atomic E-state index is 10.3. The van der Waals surface area contributed by atoms with Gasteiger partial charge >= 0.3 is 160 Å². The van der Waals surface area contributed by atoms with Crippen LogP contribution >= 0.6 is 0 Å². The molecule has 4 heterocycles. The molecule has 5 N–H and O–H groups in total. The van der Waals surface area contributed by atoms with Crippen molar-refractivity contribution in [2.75, 3.05) is 12.3 Å². The second-order valence-electron chi connectivity index (χ2n) is 6.05. The average Bonchev–Trinajstić information content (AvgIpc) is 3.22. The van der Waals surface area contributed by atoms with Crippen molar-refractivity contribution in [3.8, 4) is 0 Å². The Bertz CT molecular complexity index is 939. The molecular weight excluding hydrogens is 419 g/mol. The van der Waals surface area contributed by atoms with Gasteiger partial charge in [0.05, 0.1) is 0 Å². The number of fused-ring (bicyclic) bond motifs is 1. The molecule has 0 unspecified atom stereocenters. The van der Waals surface area contributed by atoms with Crippen molar-refractivity contribution in [2.45, 2.75) is 29.9 Å². The van der Waals surface area contributed by atoms with E-state index < -0.39 is 31.1 Å². The summed E-state index contributed by atoms with van der Waals surface area (Å²) in [7, 11) is 0. The third-order valence-electron chi connectivity index (χ3n) is 4.28. The number of nitrogens with two attached hydrogens (primary N) is 1. The van der Waals surface area contributed by atoms with Crippen LogP contribution < -0.4 is 10.3 Å². The molecule has 1 aliphatic heterocycles. The molecule has 11 heteroatoms. The fraction of sp³-hybridized carbons (Fsp3) is 0.375. The first-order chi connectivity index (χ1) is 13.1. The zero-order valence-corrected chi connectivity index (χ0v) is 15.8. The van der Waals surface area contributed by atoms with E-state index in [-0.39, 0.29) is 20.9 Å². The molecule has 0 aliphatic carbocycles. The van der Waals surface area contributed by atoms with Crippen molar-refractivity contribution in [3.05, 3.63) is 36.4 Å². The molecule has 10 nitrogen and oxygen atoms in total. The summed E-state index contributed by atoms with van der Waals surface area (Å²) in [5.74, 6) is 0.0916. The van der Waals surface area contributed by atoms with E-state index >= 15 is 0 Å². The summed E-state index contributed by atoms with van der Waals surface area (Å²) in [5, 5.41) is 30.3. The summed E-state index contributed by atoms with van der Waals surface area (Å²) >= 11 is -0.0782. The first kappa shape index (κ1) is 18.2. The van der Waals surface area contributed by atoms with E-state index in [0.717, 1.165) is 15.6 Å². The second kappa shape index (κ2) is 7.47. The number of anilines is 1. The first-order valence-electron chi connectivity index (χ1n) is 8.23. The maximum atomic E-state index is 10.3. The topological polar surface area (TPSA) is 152 Å². The quantitative estimate of drug-likeness (QED) is 0.330. The van der Waals surface area contributed by atoms with Crippen LogP contribution in [-0.4, -0.2) is 79.7 Å². The van der Waals surface area contributed by atoms with E-state index in [1.54, 1.807) is 6.20 Å². The van der Waals surface area contributed by atoms with Gasteiger partial charge in [-0.1, -0.05) is 0 Å². The predicted molar refractivity (Wildman–Crippen MR) is 96.1 cm³/mol. The summed E-state index contributed by atoms with van der Waals surface area (Å²) in [6.45, 7) is -0.406. The van der Waals surface area contributed by atoms with Crippen LogP contribution in [0.15, 0.2) is 30.7 Å². The Hall–Kier alpha value is -2.14. The number of nitrogen functional groups attached to an aromatic ring is 1. The number of ether oxygens (including phenoxy) is 1. The average molecular weight is 437 g/mol. The number of pyridine rings is 1. The Balaban J connectivity index is 1.66. The number of hydrogen-bond acceptors (Lipinski definition) is 9. The van der Waals surface area contributed by atoms with E-state index in [4.69, 9.17) is 10.5 Å². The van der Waals surface area contributed by atoms with Gasteiger partial charge in [-0.05, 0) is 0 Å². The minimum absolute atomic E-state index is 0.0782. The van der Waals surface area contributed by atoms with Gasteiger partial charge in [-0.3, -0.25) is 0 Å². The summed E-state index contributed by atoms with van der Waals surface area (Å²) in [6.07, 6.45) is -1.02. The Labute approximate surface area is 160 Å². The SMILES string of the molecule is Nc1nc([Se]Cc2ccccn2)c2ncn([C@@H]3O[C@H](CO)[C@@H](O)[C@H]3O)c2n1. The molecule has 1 aliphatic rings. The van der Waals surface area contributed by atoms with Gasteiger partial charge in [0.15, 0.2) is 0 Å². The zero-order valence-electron chi connectivity index (χ0n) is 14.1. The van der Waals surface area contributed by atoms with E-state index in [1.807, 2.05) is 18.2 Å². The van der Waals surface area contributed by atoms with Gasteiger partial charge in [-0.2, -0.15) is 0 Å². The van der Waals surface area contributed by atoms with E-state index in [0.29, 0.717) is 11.2 Å².